The molecule has 0 saturated carbocycles. The maximum absolute atomic E-state index is 5.92. The number of aromatic nitrogens is 2. The predicted molar refractivity (Wildman–Crippen MR) is 78.8 cm³/mol. The molecule has 0 N–H and O–H groups in total. The van der Waals surface area contributed by atoms with E-state index in [9.17, 15) is 0 Å². The van der Waals surface area contributed by atoms with Crippen molar-refractivity contribution in [3.63, 3.8) is 0 Å². The van der Waals surface area contributed by atoms with E-state index in [0.29, 0.717) is 17.4 Å². The molecule has 106 valence electrons. The van der Waals surface area contributed by atoms with Crippen molar-refractivity contribution in [3.05, 3.63) is 41.3 Å². The summed E-state index contributed by atoms with van der Waals surface area (Å²) in [5.41, 5.74) is 1.34. The summed E-state index contributed by atoms with van der Waals surface area (Å²) in [6.07, 6.45) is 1.34. The van der Waals surface area contributed by atoms with Crippen LogP contribution in [-0.2, 0) is 5.41 Å². The first-order valence-electron chi connectivity index (χ1n) is 6.24. The van der Waals surface area contributed by atoms with E-state index in [4.69, 9.17) is 21.1 Å². The van der Waals surface area contributed by atoms with Crippen molar-refractivity contribution < 1.29 is 9.47 Å². The molecule has 0 atom stereocenters. The molecule has 0 unspecified atom stereocenters. The van der Waals surface area contributed by atoms with Crippen LogP contribution < -0.4 is 9.47 Å². The van der Waals surface area contributed by atoms with Gasteiger partial charge in [0, 0.05) is 0 Å². The van der Waals surface area contributed by atoms with Crippen LogP contribution in [0.25, 0.3) is 0 Å². The fourth-order valence-electron chi connectivity index (χ4n) is 1.72. The molecule has 5 heteroatoms. The van der Waals surface area contributed by atoms with Gasteiger partial charge in [0.25, 0.3) is 5.88 Å². The monoisotopic (exact) mass is 292 g/mol. The second-order valence-corrected chi connectivity index (χ2v) is 5.74. The van der Waals surface area contributed by atoms with Crippen LogP contribution in [0.15, 0.2) is 30.6 Å². The van der Waals surface area contributed by atoms with Crippen molar-refractivity contribution in [2.24, 2.45) is 0 Å². The summed E-state index contributed by atoms with van der Waals surface area (Å²) < 4.78 is 10.8. The van der Waals surface area contributed by atoms with Gasteiger partial charge in [0.2, 0.25) is 5.75 Å². The van der Waals surface area contributed by atoms with Gasteiger partial charge in [-0.05, 0) is 23.1 Å². The van der Waals surface area contributed by atoms with E-state index in [1.54, 1.807) is 0 Å². The van der Waals surface area contributed by atoms with Crippen molar-refractivity contribution in [1.29, 1.82) is 0 Å². The van der Waals surface area contributed by atoms with Crippen LogP contribution in [0.1, 0.15) is 26.3 Å². The smallest absolute Gasteiger partial charge is 0.267 e. The van der Waals surface area contributed by atoms with Gasteiger partial charge in [-0.2, -0.15) is 4.98 Å². The zero-order valence-corrected chi connectivity index (χ0v) is 12.7. The predicted octanol–water partition coefficient (Wildman–Crippen LogP) is 4.23. The average Bonchev–Trinajstić information content (AvgIpc) is 2.38. The van der Waals surface area contributed by atoms with E-state index in [1.807, 2.05) is 24.3 Å². The molecule has 0 aliphatic heterocycles. The highest BCUT2D eigenvalue weighted by atomic mass is 35.5. The number of halogens is 1. The molecule has 0 radical (unpaired) electrons. The van der Waals surface area contributed by atoms with Gasteiger partial charge in [-0.25, -0.2) is 4.98 Å². The summed E-state index contributed by atoms with van der Waals surface area (Å²) in [7, 11) is 1.50. The number of rotatable bonds is 3. The fourth-order valence-corrected chi connectivity index (χ4v) is 1.92. The van der Waals surface area contributed by atoms with Crippen LogP contribution in [-0.4, -0.2) is 17.1 Å². The topological polar surface area (TPSA) is 44.2 Å². The van der Waals surface area contributed by atoms with Crippen molar-refractivity contribution in [3.8, 4) is 17.4 Å². The SMILES string of the molecule is COc1c(Cl)ncnc1Oc1ccc(C(C)(C)C)cc1. The van der Waals surface area contributed by atoms with Crippen LogP contribution in [0.4, 0.5) is 0 Å². The van der Waals surface area contributed by atoms with E-state index >= 15 is 0 Å². The standard InChI is InChI=1S/C15H17ClN2O2/c1-15(2,3)10-5-7-11(8-6-10)20-14-12(19-4)13(16)17-9-18-14/h5-9H,1-4H3. The molecule has 0 spiro atoms. The maximum Gasteiger partial charge on any atom is 0.267 e. The number of nitrogens with zero attached hydrogens (tertiary/aromatic N) is 2. The zero-order chi connectivity index (χ0) is 14.8. The van der Waals surface area contributed by atoms with Gasteiger partial charge in [-0.1, -0.05) is 44.5 Å². The minimum Gasteiger partial charge on any atom is -0.489 e. The number of hydrogen-bond donors (Lipinski definition) is 0. The van der Waals surface area contributed by atoms with Crippen LogP contribution >= 0.6 is 11.6 Å². The Morgan fingerprint density at radius 3 is 2.25 bits per heavy atom. The van der Waals surface area contributed by atoms with Gasteiger partial charge >= 0.3 is 0 Å². The third-order valence-electron chi connectivity index (χ3n) is 2.87. The number of ether oxygens (including phenoxy) is 2. The van der Waals surface area contributed by atoms with Gasteiger partial charge in [0.15, 0.2) is 5.15 Å². The van der Waals surface area contributed by atoms with Gasteiger partial charge in [-0.15, -0.1) is 0 Å². The largest absolute Gasteiger partial charge is 0.489 e. The molecule has 0 bridgehead atoms. The van der Waals surface area contributed by atoms with Crippen LogP contribution in [0.5, 0.6) is 17.4 Å². The molecule has 0 saturated heterocycles. The van der Waals surface area contributed by atoms with Gasteiger partial charge < -0.3 is 9.47 Å². The Labute approximate surface area is 123 Å². The fraction of sp³-hybridized carbons (Fsp3) is 0.333. The van der Waals surface area contributed by atoms with Crippen molar-refractivity contribution in [2.45, 2.75) is 26.2 Å². The Bertz CT molecular complexity index is 592. The molecule has 0 aliphatic carbocycles. The second-order valence-electron chi connectivity index (χ2n) is 5.38. The van der Waals surface area contributed by atoms with Crippen molar-refractivity contribution in [2.75, 3.05) is 7.11 Å². The Morgan fingerprint density at radius 1 is 1.05 bits per heavy atom. The molecular formula is C15H17ClN2O2. The summed E-state index contributed by atoms with van der Waals surface area (Å²) in [5, 5.41) is 0.226. The molecule has 0 aliphatic rings. The summed E-state index contributed by atoms with van der Waals surface area (Å²) in [5.74, 6) is 1.30. The minimum atomic E-state index is 0.106. The quantitative estimate of drug-likeness (QED) is 0.794. The van der Waals surface area contributed by atoms with Crippen molar-refractivity contribution in [1.82, 2.24) is 9.97 Å². The maximum atomic E-state index is 5.92. The molecule has 2 aromatic rings. The second kappa shape index (κ2) is 5.67. The highest BCUT2D eigenvalue weighted by Crippen LogP contribution is 2.34. The zero-order valence-electron chi connectivity index (χ0n) is 12.0. The third-order valence-corrected chi connectivity index (χ3v) is 3.14. The number of methoxy groups -OCH3 is 1. The minimum absolute atomic E-state index is 0.106. The van der Waals surface area contributed by atoms with E-state index in [1.165, 1.54) is 19.0 Å². The Morgan fingerprint density at radius 2 is 1.70 bits per heavy atom. The first kappa shape index (κ1) is 14.6. The molecule has 20 heavy (non-hydrogen) atoms. The van der Waals surface area contributed by atoms with Crippen molar-refractivity contribution >= 4 is 11.6 Å². The summed E-state index contributed by atoms with van der Waals surface area (Å²) in [6, 6.07) is 7.86. The summed E-state index contributed by atoms with van der Waals surface area (Å²) >= 11 is 5.92. The molecular weight excluding hydrogens is 276 g/mol. The van der Waals surface area contributed by atoms with Gasteiger partial charge in [-0.3, -0.25) is 0 Å². The van der Waals surface area contributed by atoms with E-state index < -0.39 is 0 Å². The molecule has 4 nitrogen and oxygen atoms in total. The molecule has 0 fully saturated rings. The normalized spacial score (nSPS) is 11.2. The van der Waals surface area contributed by atoms with Gasteiger partial charge in [0.05, 0.1) is 7.11 Å². The first-order chi connectivity index (χ1) is 9.41. The Kier molecular flexibility index (Phi) is 4.14. The average molecular weight is 293 g/mol. The Balaban J connectivity index is 2.25. The van der Waals surface area contributed by atoms with E-state index in [0.717, 1.165) is 0 Å². The lowest BCUT2D eigenvalue weighted by atomic mass is 9.87. The lowest BCUT2D eigenvalue weighted by Gasteiger charge is -2.19. The number of hydrogen-bond acceptors (Lipinski definition) is 4. The molecule has 1 heterocycles. The summed E-state index contributed by atoms with van der Waals surface area (Å²) in [6.45, 7) is 6.49. The molecule has 1 aromatic carbocycles. The highest BCUT2D eigenvalue weighted by Gasteiger charge is 2.15. The van der Waals surface area contributed by atoms with Crippen LogP contribution in [0.3, 0.4) is 0 Å². The number of benzene rings is 1. The van der Waals surface area contributed by atoms with E-state index in [-0.39, 0.29) is 10.6 Å². The third kappa shape index (κ3) is 3.20. The lowest BCUT2D eigenvalue weighted by Crippen LogP contribution is -2.10. The van der Waals surface area contributed by atoms with Crippen LogP contribution in [0, 0.1) is 0 Å². The molecule has 2 rings (SSSR count). The lowest BCUT2D eigenvalue weighted by molar-refractivity contribution is 0.367. The van der Waals surface area contributed by atoms with Crippen LogP contribution in [0.2, 0.25) is 5.15 Å². The van der Waals surface area contributed by atoms with E-state index in [2.05, 4.69) is 30.7 Å². The molecule has 0 amide bonds. The molecule has 1 aromatic heterocycles. The Hall–Kier alpha value is -1.81. The summed E-state index contributed by atoms with van der Waals surface area (Å²) in [4.78, 5) is 7.88. The first-order valence-corrected chi connectivity index (χ1v) is 6.62. The highest BCUT2D eigenvalue weighted by molar-refractivity contribution is 6.31. The van der Waals surface area contributed by atoms with Gasteiger partial charge in [0.1, 0.15) is 12.1 Å².